The molecule has 2 N–H and O–H groups in total. The van der Waals surface area contributed by atoms with Gasteiger partial charge in [-0.1, -0.05) is 29.8 Å². The molecule has 22 heavy (non-hydrogen) atoms. The SMILES string of the molecule is Cc1ccc(-c2nc(CC(=O)N3CCCC(N)C3)cs2)cc1. The van der Waals surface area contributed by atoms with Crippen molar-refractivity contribution in [2.45, 2.75) is 32.2 Å². The minimum Gasteiger partial charge on any atom is -0.341 e. The van der Waals surface area contributed by atoms with E-state index in [1.807, 2.05) is 10.3 Å². The molecule has 116 valence electrons. The van der Waals surface area contributed by atoms with E-state index in [1.165, 1.54) is 5.56 Å². The lowest BCUT2D eigenvalue weighted by atomic mass is 10.1. The quantitative estimate of drug-likeness (QED) is 0.947. The summed E-state index contributed by atoms with van der Waals surface area (Å²) in [4.78, 5) is 18.8. The van der Waals surface area contributed by atoms with Gasteiger partial charge in [0.1, 0.15) is 5.01 Å². The summed E-state index contributed by atoms with van der Waals surface area (Å²) in [5.74, 6) is 0.135. The molecule has 1 unspecified atom stereocenters. The van der Waals surface area contributed by atoms with Crippen LogP contribution >= 0.6 is 11.3 Å². The van der Waals surface area contributed by atoms with Crippen LogP contribution < -0.4 is 5.73 Å². The highest BCUT2D eigenvalue weighted by Gasteiger charge is 2.22. The van der Waals surface area contributed by atoms with Gasteiger partial charge in [-0.3, -0.25) is 4.79 Å². The van der Waals surface area contributed by atoms with Crippen LogP contribution in [0.4, 0.5) is 0 Å². The molecule has 0 bridgehead atoms. The molecule has 2 heterocycles. The molecule has 1 aliphatic heterocycles. The normalized spacial score (nSPS) is 18.5. The summed E-state index contributed by atoms with van der Waals surface area (Å²) < 4.78 is 0. The van der Waals surface area contributed by atoms with Crippen molar-refractivity contribution in [2.24, 2.45) is 5.73 Å². The number of thiazole rings is 1. The van der Waals surface area contributed by atoms with E-state index in [0.717, 1.165) is 35.7 Å². The molecule has 0 radical (unpaired) electrons. The average Bonchev–Trinajstić information content (AvgIpc) is 2.96. The van der Waals surface area contributed by atoms with Gasteiger partial charge in [-0.25, -0.2) is 4.98 Å². The van der Waals surface area contributed by atoms with Crippen LogP contribution in [0.1, 0.15) is 24.1 Å². The third kappa shape index (κ3) is 3.54. The lowest BCUT2D eigenvalue weighted by molar-refractivity contribution is -0.131. The van der Waals surface area contributed by atoms with Gasteiger partial charge in [-0.15, -0.1) is 11.3 Å². The molecule has 1 atom stereocenters. The number of carbonyl (C=O) groups is 1. The van der Waals surface area contributed by atoms with Crippen molar-refractivity contribution in [3.05, 3.63) is 40.9 Å². The molecule has 0 aliphatic carbocycles. The lowest BCUT2D eigenvalue weighted by Crippen LogP contribution is -2.46. The van der Waals surface area contributed by atoms with Crippen LogP contribution in [0.3, 0.4) is 0 Å². The number of piperidine rings is 1. The molecule has 3 rings (SSSR count). The average molecular weight is 315 g/mol. The summed E-state index contributed by atoms with van der Waals surface area (Å²) in [6.45, 7) is 3.56. The van der Waals surface area contributed by atoms with Gasteiger partial charge in [0.25, 0.3) is 0 Å². The van der Waals surface area contributed by atoms with Crippen LogP contribution in [0, 0.1) is 6.92 Å². The molecular formula is C17H21N3OS. The summed E-state index contributed by atoms with van der Waals surface area (Å²) in [5, 5.41) is 2.95. The highest BCUT2D eigenvalue weighted by molar-refractivity contribution is 7.13. The molecule has 5 heteroatoms. The Kier molecular flexibility index (Phi) is 4.55. The van der Waals surface area contributed by atoms with Crippen LogP contribution in [0.15, 0.2) is 29.6 Å². The predicted octanol–water partition coefficient (Wildman–Crippen LogP) is 2.61. The van der Waals surface area contributed by atoms with Gasteiger partial charge < -0.3 is 10.6 Å². The van der Waals surface area contributed by atoms with Crippen LogP contribution in [-0.4, -0.2) is 34.9 Å². The molecule has 2 aromatic rings. The Morgan fingerprint density at radius 1 is 1.41 bits per heavy atom. The van der Waals surface area contributed by atoms with Crippen LogP contribution in [0.25, 0.3) is 10.6 Å². The van der Waals surface area contributed by atoms with Gasteiger partial charge in [-0.2, -0.15) is 0 Å². The second-order valence-corrected chi connectivity index (χ2v) is 6.79. The number of nitrogens with two attached hydrogens (primary N) is 1. The van der Waals surface area contributed by atoms with Crippen molar-refractivity contribution in [1.29, 1.82) is 0 Å². The van der Waals surface area contributed by atoms with Gasteiger partial charge in [0.2, 0.25) is 5.91 Å². The molecule has 1 aliphatic rings. The molecular weight excluding hydrogens is 294 g/mol. The zero-order chi connectivity index (χ0) is 15.5. The number of aromatic nitrogens is 1. The van der Waals surface area contributed by atoms with Crippen LogP contribution in [0.5, 0.6) is 0 Å². The van der Waals surface area contributed by atoms with Crippen molar-refractivity contribution in [3.8, 4) is 10.6 Å². The Labute approximate surface area is 135 Å². The summed E-state index contributed by atoms with van der Waals surface area (Å²) >= 11 is 1.59. The summed E-state index contributed by atoms with van der Waals surface area (Å²) in [5.41, 5.74) is 9.13. The van der Waals surface area contributed by atoms with Gasteiger partial charge in [0, 0.05) is 30.1 Å². The van der Waals surface area contributed by atoms with Gasteiger partial charge in [0.05, 0.1) is 12.1 Å². The van der Waals surface area contributed by atoms with Gasteiger partial charge in [-0.05, 0) is 19.8 Å². The number of likely N-dealkylation sites (tertiary alicyclic amines) is 1. The van der Waals surface area contributed by atoms with E-state index < -0.39 is 0 Å². The van der Waals surface area contributed by atoms with Crippen LogP contribution in [-0.2, 0) is 11.2 Å². The maximum atomic E-state index is 12.3. The highest BCUT2D eigenvalue weighted by Crippen LogP contribution is 2.24. The maximum Gasteiger partial charge on any atom is 0.228 e. The third-order valence-corrected chi connectivity index (χ3v) is 4.93. The Morgan fingerprint density at radius 2 is 2.18 bits per heavy atom. The van der Waals surface area contributed by atoms with Crippen molar-refractivity contribution < 1.29 is 4.79 Å². The fourth-order valence-corrected chi connectivity index (χ4v) is 3.55. The number of rotatable bonds is 3. The summed E-state index contributed by atoms with van der Waals surface area (Å²) in [6.07, 6.45) is 2.38. The van der Waals surface area contributed by atoms with E-state index in [4.69, 9.17) is 5.73 Å². The maximum absolute atomic E-state index is 12.3. The fraction of sp³-hybridized carbons (Fsp3) is 0.412. The molecule has 4 nitrogen and oxygen atoms in total. The monoisotopic (exact) mass is 315 g/mol. The lowest BCUT2D eigenvalue weighted by Gasteiger charge is -2.30. The van der Waals surface area contributed by atoms with E-state index in [2.05, 4.69) is 36.2 Å². The Morgan fingerprint density at radius 3 is 2.91 bits per heavy atom. The molecule has 1 amide bonds. The zero-order valence-corrected chi connectivity index (χ0v) is 13.6. The summed E-state index contributed by atoms with van der Waals surface area (Å²) in [6, 6.07) is 8.43. The number of carbonyl (C=O) groups excluding carboxylic acids is 1. The first-order valence-electron chi connectivity index (χ1n) is 7.66. The largest absolute Gasteiger partial charge is 0.341 e. The molecule has 1 aromatic heterocycles. The molecule has 1 fully saturated rings. The second-order valence-electron chi connectivity index (χ2n) is 5.93. The highest BCUT2D eigenvalue weighted by atomic mass is 32.1. The van der Waals surface area contributed by atoms with Crippen molar-refractivity contribution >= 4 is 17.2 Å². The number of hydrogen-bond donors (Lipinski definition) is 1. The van der Waals surface area contributed by atoms with E-state index in [9.17, 15) is 4.79 Å². The van der Waals surface area contributed by atoms with Crippen LogP contribution in [0.2, 0.25) is 0 Å². The smallest absolute Gasteiger partial charge is 0.228 e. The minimum atomic E-state index is 0.122. The molecule has 0 spiro atoms. The first-order chi connectivity index (χ1) is 10.6. The second kappa shape index (κ2) is 6.58. The van der Waals surface area contributed by atoms with Crippen molar-refractivity contribution in [2.75, 3.05) is 13.1 Å². The van der Waals surface area contributed by atoms with Gasteiger partial charge >= 0.3 is 0 Å². The number of nitrogens with zero attached hydrogens (tertiary/aromatic N) is 2. The van der Waals surface area contributed by atoms with E-state index in [0.29, 0.717) is 13.0 Å². The minimum absolute atomic E-state index is 0.122. The first-order valence-corrected chi connectivity index (χ1v) is 8.54. The number of amides is 1. The third-order valence-electron chi connectivity index (χ3n) is 3.99. The van der Waals surface area contributed by atoms with E-state index >= 15 is 0 Å². The Balaban J connectivity index is 1.66. The molecule has 0 saturated carbocycles. The molecule has 1 aromatic carbocycles. The zero-order valence-electron chi connectivity index (χ0n) is 12.8. The standard InChI is InChI=1S/C17H21N3OS/c1-12-4-6-13(7-5-12)17-19-15(11-22-17)9-16(21)20-8-2-3-14(18)10-20/h4-7,11,14H,2-3,8-10,18H2,1H3. The predicted molar refractivity (Wildman–Crippen MR) is 89.8 cm³/mol. The number of benzene rings is 1. The topological polar surface area (TPSA) is 59.2 Å². The first kappa shape index (κ1) is 15.2. The summed E-state index contributed by atoms with van der Waals surface area (Å²) in [7, 11) is 0. The fourth-order valence-electron chi connectivity index (χ4n) is 2.72. The van der Waals surface area contributed by atoms with Crippen molar-refractivity contribution in [3.63, 3.8) is 0 Å². The van der Waals surface area contributed by atoms with Gasteiger partial charge in [0.15, 0.2) is 0 Å². The Hall–Kier alpha value is -1.72. The number of aryl methyl sites for hydroxylation is 1. The molecule has 1 saturated heterocycles. The van der Waals surface area contributed by atoms with E-state index in [1.54, 1.807) is 11.3 Å². The number of hydrogen-bond acceptors (Lipinski definition) is 4. The van der Waals surface area contributed by atoms with E-state index in [-0.39, 0.29) is 11.9 Å². The Bertz CT molecular complexity index is 650. The van der Waals surface area contributed by atoms with Crippen molar-refractivity contribution in [1.82, 2.24) is 9.88 Å².